The monoisotopic (exact) mass is 191 g/mol. The molecule has 2 heteroatoms. The van der Waals surface area contributed by atoms with Crippen LogP contribution in [0, 0.1) is 6.92 Å². The van der Waals surface area contributed by atoms with Crippen LogP contribution in [-0.4, -0.2) is 6.61 Å². The quantitative estimate of drug-likeness (QED) is 0.778. The molecule has 0 fully saturated rings. The number of hydrogen-bond acceptors (Lipinski definition) is 2. The van der Waals surface area contributed by atoms with E-state index in [1.807, 2.05) is 13.0 Å². The van der Waals surface area contributed by atoms with Gasteiger partial charge in [0.05, 0.1) is 6.61 Å². The summed E-state index contributed by atoms with van der Waals surface area (Å²) in [6.07, 6.45) is 2.16. The molecule has 2 N–H and O–H groups in total. The molecule has 1 atom stereocenters. The van der Waals surface area contributed by atoms with E-state index in [9.17, 15) is 0 Å². The van der Waals surface area contributed by atoms with Crippen LogP contribution in [0.1, 0.15) is 36.1 Å². The van der Waals surface area contributed by atoms with Crippen molar-refractivity contribution in [1.82, 2.24) is 0 Å². The number of rotatable bonds is 2. The van der Waals surface area contributed by atoms with E-state index in [2.05, 4.69) is 13.0 Å². The van der Waals surface area contributed by atoms with Crippen LogP contribution in [0.5, 0.6) is 5.75 Å². The first-order chi connectivity index (χ1) is 6.74. The lowest BCUT2D eigenvalue weighted by Gasteiger charge is -2.13. The van der Waals surface area contributed by atoms with E-state index in [4.69, 9.17) is 10.5 Å². The average molecular weight is 191 g/mol. The van der Waals surface area contributed by atoms with Gasteiger partial charge in [-0.15, -0.1) is 0 Å². The van der Waals surface area contributed by atoms with Crippen LogP contribution in [0.4, 0.5) is 0 Å². The first-order valence-corrected chi connectivity index (χ1v) is 5.24. The van der Waals surface area contributed by atoms with E-state index in [1.54, 1.807) is 0 Å². The van der Waals surface area contributed by atoms with Gasteiger partial charge in [0.2, 0.25) is 0 Å². The molecule has 0 heterocycles. The minimum Gasteiger partial charge on any atom is -0.494 e. The first kappa shape index (κ1) is 9.53. The molecule has 0 radical (unpaired) electrons. The van der Waals surface area contributed by atoms with Gasteiger partial charge in [-0.1, -0.05) is 6.07 Å². The molecule has 1 aromatic carbocycles. The van der Waals surface area contributed by atoms with Crippen molar-refractivity contribution in [2.24, 2.45) is 5.73 Å². The van der Waals surface area contributed by atoms with Crippen LogP contribution in [-0.2, 0) is 6.42 Å². The van der Waals surface area contributed by atoms with E-state index in [0.717, 1.165) is 18.6 Å². The molecular weight excluding hydrogens is 174 g/mol. The summed E-state index contributed by atoms with van der Waals surface area (Å²) in [6.45, 7) is 4.86. The number of ether oxygens (including phenoxy) is 1. The van der Waals surface area contributed by atoms with Gasteiger partial charge >= 0.3 is 0 Å². The second-order valence-electron chi connectivity index (χ2n) is 3.85. The molecule has 76 valence electrons. The third kappa shape index (κ3) is 1.40. The molecule has 0 saturated carbocycles. The topological polar surface area (TPSA) is 35.2 Å². The summed E-state index contributed by atoms with van der Waals surface area (Å²) in [5.41, 5.74) is 10.1. The lowest BCUT2D eigenvalue weighted by molar-refractivity contribution is 0.335. The van der Waals surface area contributed by atoms with E-state index >= 15 is 0 Å². The van der Waals surface area contributed by atoms with Crippen molar-refractivity contribution < 1.29 is 4.74 Å². The number of nitrogens with two attached hydrogens (primary N) is 1. The Morgan fingerprint density at radius 2 is 2.29 bits per heavy atom. The zero-order chi connectivity index (χ0) is 10.1. The van der Waals surface area contributed by atoms with Crippen molar-refractivity contribution in [2.45, 2.75) is 32.7 Å². The molecule has 14 heavy (non-hydrogen) atoms. The fraction of sp³-hybridized carbons (Fsp3) is 0.500. The van der Waals surface area contributed by atoms with E-state index in [-0.39, 0.29) is 6.04 Å². The van der Waals surface area contributed by atoms with Crippen molar-refractivity contribution in [3.63, 3.8) is 0 Å². The van der Waals surface area contributed by atoms with Crippen LogP contribution >= 0.6 is 0 Å². The summed E-state index contributed by atoms with van der Waals surface area (Å²) >= 11 is 0. The van der Waals surface area contributed by atoms with Crippen molar-refractivity contribution in [2.75, 3.05) is 6.61 Å². The number of benzene rings is 1. The lowest BCUT2D eigenvalue weighted by Crippen LogP contribution is -2.08. The highest BCUT2D eigenvalue weighted by Crippen LogP contribution is 2.38. The van der Waals surface area contributed by atoms with E-state index in [1.165, 1.54) is 16.7 Å². The Kier molecular flexibility index (Phi) is 2.46. The first-order valence-electron chi connectivity index (χ1n) is 5.24. The Balaban J connectivity index is 2.49. The molecule has 0 aliphatic heterocycles. The highest BCUT2D eigenvalue weighted by molar-refractivity contribution is 5.49. The van der Waals surface area contributed by atoms with Gasteiger partial charge in [-0.25, -0.2) is 0 Å². The Morgan fingerprint density at radius 1 is 1.50 bits per heavy atom. The maximum Gasteiger partial charge on any atom is 0.124 e. The molecule has 0 unspecified atom stereocenters. The summed E-state index contributed by atoms with van der Waals surface area (Å²) in [5.74, 6) is 0.984. The second kappa shape index (κ2) is 3.62. The Bertz CT molecular complexity index is 346. The molecule has 1 aromatic rings. The predicted molar refractivity (Wildman–Crippen MR) is 57.6 cm³/mol. The summed E-state index contributed by atoms with van der Waals surface area (Å²) in [5, 5.41) is 0. The van der Waals surface area contributed by atoms with Gasteiger partial charge in [-0.3, -0.25) is 0 Å². The van der Waals surface area contributed by atoms with Crippen LogP contribution < -0.4 is 10.5 Å². The Morgan fingerprint density at radius 3 is 3.00 bits per heavy atom. The molecule has 0 spiro atoms. The third-order valence-electron chi connectivity index (χ3n) is 2.93. The standard InChI is InChI=1S/C12H17NO/c1-3-14-11-7-4-8(2)9-5-6-10(13)12(9)11/h4,7,10H,3,5-6,13H2,1-2H3/t10-/m1/s1. The van der Waals surface area contributed by atoms with Gasteiger partial charge in [-0.05, 0) is 43.9 Å². The summed E-state index contributed by atoms with van der Waals surface area (Å²) < 4.78 is 5.59. The van der Waals surface area contributed by atoms with Gasteiger partial charge in [0.15, 0.2) is 0 Å². The van der Waals surface area contributed by atoms with E-state index in [0.29, 0.717) is 6.61 Å². The van der Waals surface area contributed by atoms with Gasteiger partial charge < -0.3 is 10.5 Å². The minimum absolute atomic E-state index is 0.173. The molecular formula is C12H17NO. The average Bonchev–Trinajstić information content (AvgIpc) is 2.55. The van der Waals surface area contributed by atoms with Crippen LogP contribution in [0.15, 0.2) is 12.1 Å². The number of fused-ring (bicyclic) bond motifs is 1. The second-order valence-corrected chi connectivity index (χ2v) is 3.85. The SMILES string of the molecule is CCOc1ccc(C)c2c1[C@H](N)CC2. The number of hydrogen-bond donors (Lipinski definition) is 1. The smallest absolute Gasteiger partial charge is 0.124 e. The number of aryl methyl sites for hydroxylation is 1. The summed E-state index contributed by atoms with van der Waals surface area (Å²) in [7, 11) is 0. The van der Waals surface area contributed by atoms with Gasteiger partial charge in [0, 0.05) is 11.6 Å². The minimum atomic E-state index is 0.173. The molecule has 2 rings (SSSR count). The van der Waals surface area contributed by atoms with Gasteiger partial charge in [-0.2, -0.15) is 0 Å². The summed E-state index contributed by atoms with van der Waals surface area (Å²) in [4.78, 5) is 0. The highest BCUT2D eigenvalue weighted by Gasteiger charge is 2.24. The third-order valence-corrected chi connectivity index (χ3v) is 2.93. The predicted octanol–water partition coefficient (Wildman–Crippen LogP) is 2.34. The maximum absolute atomic E-state index is 6.07. The van der Waals surface area contributed by atoms with Crippen LogP contribution in [0.3, 0.4) is 0 Å². The van der Waals surface area contributed by atoms with Gasteiger partial charge in [0.25, 0.3) is 0 Å². The molecule has 1 aliphatic rings. The van der Waals surface area contributed by atoms with E-state index < -0.39 is 0 Å². The molecule has 0 bridgehead atoms. The summed E-state index contributed by atoms with van der Waals surface area (Å²) in [6, 6.07) is 4.34. The van der Waals surface area contributed by atoms with Crippen LogP contribution in [0.2, 0.25) is 0 Å². The molecule has 0 saturated heterocycles. The zero-order valence-corrected chi connectivity index (χ0v) is 8.84. The van der Waals surface area contributed by atoms with Crippen molar-refractivity contribution in [3.05, 3.63) is 28.8 Å². The lowest BCUT2D eigenvalue weighted by atomic mass is 10.0. The molecule has 1 aliphatic carbocycles. The fourth-order valence-corrected chi connectivity index (χ4v) is 2.22. The van der Waals surface area contributed by atoms with Crippen molar-refractivity contribution >= 4 is 0 Å². The normalized spacial score (nSPS) is 19.5. The zero-order valence-electron chi connectivity index (χ0n) is 8.84. The van der Waals surface area contributed by atoms with Gasteiger partial charge in [0.1, 0.15) is 5.75 Å². The Labute approximate surface area is 85.1 Å². The molecule has 0 aromatic heterocycles. The van der Waals surface area contributed by atoms with Crippen molar-refractivity contribution in [3.8, 4) is 5.75 Å². The molecule has 0 amide bonds. The fourth-order valence-electron chi connectivity index (χ4n) is 2.22. The Hall–Kier alpha value is -1.02. The highest BCUT2D eigenvalue weighted by atomic mass is 16.5. The maximum atomic E-state index is 6.07. The molecule has 2 nitrogen and oxygen atoms in total. The van der Waals surface area contributed by atoms with Crippen LogP contribution in [0.25, 0.3) is 0 Å². The van der Waals surface area contributed by atoms with Crippen molar-refractivity contribution in [1.29, 1.82) is 0 Å². The largest absolute Gasteiger partial charge is 0.494 e.